The van der Waals surface area contributed by atoms with Gasteiger partial charge >= 0.3 is 5.97 Å². The number of rotatable bonds is 4. The van der Waals surface area contributed by atoms with Gasteiger partial charge in [-0.1, -0.05) is 0 Å². The zero-order valence-corrected chi connectivity index (χ0v) is 10.4. The minimum Gasteiger partial charge on any atom is -0.478 e. The fraction of sp³-hybridized carbons (Fsp3) is 0.583. The molecule has 1 saturated heterocycles. The van der Waals surface area contributed by atoms with Gasteiger partial charge < -0.3 is 14.7 Å². The van der Waals surface area contributed by atoms with Crippen LogP contribution in [0.2, 0.25) is 0 Å². The van der Waals surface area contributed by atoms with Gasteiger partial charge in [0.25, 0.3) is 0 Å². The van der Waals surface area contributed by atoms with Crippen LogP contribution in [0, 0.1) is 0 Å². The summed E-state index contributed by atoms with van der Waals surface area (Å²) in [6.45, 7) is 4.43. The molecule has 6 heteroatoms. The number of ether oxygens (including phenoxy) is 1. The van der Waals surface area contributed by atoms with Crippen molar-refractivity contribution >= 4 is 11.9 Å². The summed E-state index contributed by atoms with van der Waals surface area (Å²) in [7, 11) is 0. The molecular weight excluding hydrogens is 234 g/mol. The van der Waals surface area contributed by atoms with Gasteiger partial charge in [0, 0.05) is 32.1 Å². The Bertz CT molecular complexity index is 400. The van der Waals surface area contributed by atoms with E-state index >= 15 is 0 Å². The van der Waals surface area contributed by atoms with E-state index in [-0.39, 0.29) is 5.56 Å². The van der Waals surface area contributed by atoms with Crippen molar-refractivity contribution in [3.63, 3.8) is 0 Å². The van der Waals surface area contributed by atoms with Crippen molar-refractivity contribution in [2.24, 2.45) is 0 Å². The number of hydrogen-bond acceptors (Lipinski definition) is 5. The number of piperidine rings is 1. The number of aromatic nitrogens is 2. The molecule has 0 aromatic carbocycles. The first kappa shape index (κ1) is 12.8. The average Bonchev–Trinajstić information content (AvgIpc) is 2.40. The number of nitrogens with zero attached hydrogens (tertiary/aromatic N) is 3. The van der Waals surface area contributed by atoms with E-state index in [4.69, 9.17) is 9.84 Å². The van der Waals surface area contributed by atoms with Crippen LogP contribution in [0.1, 0.15) is 30.1 Å². The molecule has 0 unspecified atom stereocenters. The predicted molar refractivity (Wildman–Crippen MR) is 65.9 cm³/mol. The molecule has 0 atom stereocenters. The topological polar surface area (TPSA) is 75.5 Å². The number of hydrogen-bond donors (Lipinski definition) is 1. The van der Waals surface area contributed by atoms with Crippen molar-refractivity contribution in [3.05, 3.63) is 18.0 Å². The molecule has 0 saturated carbocycles. The molecule has 6 nitrogen and oxygen atoms in total. The van der Waals surface area contributed by atoms with Gasteiger partial charge in [0.05, 0.1) is 11.7 Å². The van der Waals surface area contributed by atoms with Gasteiger partial charge in [-0.3, -0.25) is 0 Å². The normalized spacial score (nSPS) is 16.8. The molecule has 0 radical (unpaired) electrons. The first-order valence-electron chi connectivity index (χ1n) is 6.12. The highest BCUT2D eigenvalue weighted by Crippen LogP contribution is 2.17. The van der Waals surface area contributed by atoms with E-state index in [1.165, 1.54) is 12.4 Å². The quantitative estimate of drug-likeness (QED) is 0.866. The zero-order valence-electron chi connectivity index (χ0n) is 10.4. The molecule has 0 aliphatic carbocycles. The van der Waals surface area contributed by atoms with Crippen LogP contribution in [0.25, 0.3) is 0 Å². The summed E-state index contributed by atoms with van der Waals surface area (Å²) in [6.07, 6.45) is 4.93. The first-order valence-corrected chi connectivity index (χ1v) is 6.12. The lowest BCUT2D eigenvalue weighted by molar-refractivity contribution is 0.0457. The second-order valence-electron chi connectivity index (χ2n) is 4.22. The molecule has 1 aromatic rings. The van der Waals surface area contributed by atoms with Crippen LogP contribution >= 0.6 is 0 Å². The SMILES string of the molecule is CCOC1CCN(c2ncc(C(=O)O)cn2)CC1. The Morgan fingerprint density at radius 1 is 1.44 bits per heavy atom. The smallest absolute Gasteiger partial charge is 0.338 e. The van der Waals surface area contributed by atoms with Gasteiger partial charge in [0.15, 0.2) is 0 Å². The van der Waals surface area contributed by atoms with E-state index < -0.39 is 5.97 Å². The Labute approximate surface area is 106 Å². The van der Waals surface area contributed by atoms with Crippen molar-refractivity contribution in [2.75, 3.05) is 24.6 Å². The molecule has 0 amide bonds. The van der Waals surface area contributed by atoms with Crippen LogP contribution in [-0.2, 0) is 4.74 Å². The predicted octanol–water partition coefficient (Wildman–Crippen LogP) is 1.18. The number of carboxylic acids is 1. The molecule has 2 heterocycles. The third-order valence-corrected chi connectivity index (χ3v) is 3.01. The maximum Gasteiger partial charge on any atom is 0.338 e. The summed E-state index contributed by atoms with van der Waals surface area (Å²) in [5.74, 6) is -0.411. The zero-order chi connectivity index (χ0) is 13.0. The van der Waals surface area contributed by atoms with Crippen molar-refractivity contribution in [3.8, 4) is 0 Å². The van der Waals surface area contributed by atoms with E-state index in [1.807, 2.05) is 6.92 Å². The molecule has 0 spiro atoms. The van der Waals surface area contributed by atoms with Gasteiger partial charge in [-0.2, -0.15) is 0 Å². The molecule has 18 heavy (non-hydrogen) atoms. The Balaban J connectivity index is 1.95. The number of carboxylic acid groups (broad SMARTS) is 1. The van der Waals surface area contributed by atoms with Crippen molar-refractivity contribution in [1.29, 1.82) is 0 Å². The van der Waals surface area contributed by atoms with Crippen LogP contribution in [0.15, 0.2) is 12.4 Å². The van der Waals surface area contributed by atoms with Crippen LogP contribution in [0.3, 0.4) is 0 Å². The largest absolute Gasteiger partial charge is 0.478 e. The maximum absolute atomic E-state index is 10.7. The molecule has 1 fully saturated rings. The standard InChI is InChI=1S/C12H17N3O3/c1-2-18-10-3-5-15(6-4-10)12-13-7-9(8-14-12)11(16)17/h7-8,10H,2-6H2,1H3,(H,16,17). The number of aromatic carboxylic acids is 1. The summed E-state index contributed by atoms with van der Waals surface area (Å²) in [6, 6.07) is 0. The second-order valence-corrected chi connectivity index (χ2v) is 4.22. The summed E-state index contributed by atoms with van der Waals surface area (Å²) < 4.78 is 5.57. The van der Waals surface area contributed by atoms with E-state index in [2.05, 4.69) is 14.9 Å². The van der Waals surface area contributed by atoms with Gasteiger partial charge in [0.1, 0.15) is 0 Å². The molecule has 2 rings (SSSR count). The number of carbonyl (C=O) groups is 1. The lowest BCUT2D eigenvalue weighted by Gasteiger charge is -2.31. The van der Waals surface area contributed by atoms with Gasteiger partial charge in [-0.25, -0.2) is 14.8 Å². The Morgan fingerprint density at radius 3 is 2.56 bits per heavy atom. The second kappa shape index (κ2) is 5.77. The van der Waals surface area contributed by atoms with Gasteiger partial charge in [-0.15, -0.1) is 0 Å². The Hall–Kier alpha value is -1.69. The highest BCUT2D eigenvalue weighted by Gasteiger charge is 2.21. The van der Waals surface area contributed by atoms with Crippen LogP contribution in [0.5, 0.6) is 0 Å². The summed E-state index contributed by atoms with van der Waals surface area (Å²) in [5.41, 5.74) is 0.114. The van der Waals surface area contributed by atoms with Crippen LogP contribution in [0.4, 0.5) is 5.95 Å². The first-order chi connectivity index (χ1) is 8.70. The van der Waals surface area contributed by atoms with Crippen LogP contribution in [-0.4, -0.2) is 46.8 Å². The summed E-state index contributed by atoms with van der Waals surface area (Å²) in [4.78, 5) is 20.9. The average molecular weight is 251 g/mol. The van der Waals surface area contributed by atoms with E-state index in [0.29, 0.717) is 12.1 Å². The molecule has 1 aromatic heterocycles. The number of anilines is 1. The van der Waals surface area contributed by atoms with Crippen molar-refractivity contribution < 1.29 is 14.6 Å². The lowest BCUT2D eigenvalue weighted by Crippen LogP contribution is -2.38. The molecule has 1 aliphatic rings. The van der Waals surface area contributed by atoms with E-state index in [0.717, 1.165) is 32.5 Å². The third kappa shape index (κ3) is 2.95. The molecular formula is C12H17N3O3. The van der Waals surface area contributed by atoms with Crippen LogP contribution < -0.4 is 4.90 Å². The minimum absolute atomic E-state index is 0.114. The molecule has 1 N–H and O–H groups in total. The molecule has 1 aliphatic heterocycles. The minimum atomic E-state index is -1.00. The summed E-state index contributed by atoms with van der Waals surface area (Å²) in [5, 5.41) is 8.77. The summed E-state index contributed by atoms with van der Waals surface area (Å²) >= 11 is 0. The lowest BCUT2D eigenvalue weighted by atomic mass is 10.1. The Kier molecular flexibility index (Phi) is 4.09. The van der Waals surface area contributed by atoms with Crippen molar-refractivity contribution in [2.45, 2.75) is 25.9 Å². The highest BCUT2D eigenvalue weighted by molar-refractivity contribution is 5.86. The van der Waals surface area contributed by atoms with E-state index in [9.17, 15) is 4.79 Å². The van der Waals surface area contributed by atoms with Crippen molar-refractivity contribution in [1.82, 2.24) is 9.97 Å². The monoisotopic (exact) mass is 251 g/mol. The fourth-order valence-electron chi connectivity index (χ4n) is 2.05. The third-order valence-electron chi connectivity index (χ3n) is 3.01. The highest BCUT2D eigenvalue weighted by atomic mass is 16.5. The fourth-order valence-corrected chi connectivity index (χ4v) is 2.05. The van der Waals surface area contributed by atoms with E-state index in [1.54, 1.807) is 0 Å². The van der Waals surface area contributed by atoms with Gasteiger partial charge in [0.2, 0.25) is 5.95 Å². The molecule has 98 valence electrons. The Morgan fingerprint density at radius 2 is 2.06 bits per heavy atom. The van der Waals surface area contributed by atoms with Gasteiger partial charge in [-0.05, 0) is 19.8 Å². The maximum atomic E-state index is 10.7. The molecule has 0 bridgehead atoms.